The molecule has 1 aliphatic carbocycles. The Morgan fingerprint density at radius 1 is 1.35 bits per heavy atom. The zero-order valence-electron chi connectivity index (χ0n) is 11.1. The third-order valence-electron chi connectivity index (χ3n) is 3.78. The highest BCUT2D eigenvalue weighted by molar-refractivity contribution is 5.36. The lowest BCUT2D eigenvalue weighted by Gasteiger charge is -2.27. The quantitative estimate of drug-likeness (QED) is 0.666. The van der Waals surface area contributed by atoms with Crippen LogP contribution in [0.25, 0.3) is 0 Å². The molecule has 0 aliphatic heterocycles. The van der Waals surface area contributed by atoms with Crippen LogP contribution in [-0.4, -0.2) is 22.7 Å². The van der Waals surface area contributed by atoms with E-state index in [0.29, 0.717) is 5.92 Å². The lowest BCUT2D eigenvalue weighted by Crippen LogP contribution is -2.23. The van der Waals surface area contributed by atoms with E-state index in [2.05, 4.69) is 0 Å². The van der Waals surface area contributed by atoms with E-state index in [1.165, 1.54) is 12.1 Å². The standard InChI is InChI=1S/C14H18FNO4/c15-14-11(2-1-3-13(14)16(18)19)9-20-12-6-4-10(8-17)5-7-12/h1-3,10,12,17H,4-9H2. The van der Waals surface area contributed by atoms with Gasteiger partial charge in [0.25, 0.3) is 0 Å². The second-order valence-corrected chi connectivity index (χ2v) is 5.14. The minimum Gasteiger partial charge on any atom is -0.396 e. The zero-order valence-corrected chi connectivity index (χ0v) is 11.1. The van der Waals surface area contributed by atoms with Crippen molar-refractivity contribution in [2.24, 2.45) is 5.92 Å². The Hall–Kier alpha value is -1.53. The van der Waals surface area contributed by atoms with Crippen LogP contribution in [0.2, 0.25) is 0 Å². The predicted molar refractivity (Wildman–Crippen MR) is 70.7 cm³/mol. The summed E-state index contributed by atoms with van der Waals surface area (Å²) < 4.78 is 19.5. The van der Waals surface area contributed by atoms with Gasteiger partial charge in [-0.05, 0) is 31.6 Å². The lowest BCUT2D eigenvalue weighted by atomic mass is 9.88. The smallest absolute Gasteiger partial charge is 0.305 e. The minimum atomic E-state index is -0.818. The number of nitro benzene ring substituents is 1. The van der Waals surface area contributed by atoms with Gasteiger partial charge in [-0.3, -0.25) is 10.1 Å². The number of ether oxygens (including phenoxy) is 1. The average molecular weight is 283 g/mol. The van der Waals surface area contributed by atoms with Gasteiger partial charge in [0.2, 0.25) is 5.82 Å². The van der Waals surface area contributed by atoms with Gasteiger partial charge < -0.3 is 9.84 Å². The Bertz CT molecular complexity index is 472. The molecule has 5 nitrogen and oxygen atoms in total. The molecular formula is C14H18FNO4. The molecular weight excluding hydrogens is 265 g/mol. The molecule has 20 heavy (non-hydrogen) atoms. The fourth-order valence-electron chi connectivity index (χ4n) is 2.51. The van der Waals surface area contributed by atoms with E-state index >= 15 is 0 Å². The molecule has 1 N–H and O–H groups in total. The summed E-state index contributed by atoms with van der Waals surface area (Å²) in [7, 11) is 0. The van der Waals surface area contributed by atoms with Crippen LogP contribution in [0.4, 0.5) is 10.1 Å². The summed E-state index contributed by atoms with van der Waals surface area (Å²) in [5, 5.41) is 19.7. The van der Waals surface area contributed by atoms with Gasteiger partial charge >= 0.3 is 5.69 Å². The van der Waals surface area contributed by atoms with Gasteiger partial charge in [0.05, 0.1) is 17.6 Å². The number of hydrogen-bond acceptors (Lipinski definition) is 4. The van der Waals surface area contributed by atoms with Crippen molar-refractivity contribution in [3.05, 3.63) is 39.7 Å². The average Bonchev–Trinajstić information content (AvgIpc) is 2.46. The van der Waals surface area contributed by atoms with Crippen LogP contribution in [0.5, 0.6) is 0 Å². The number of nitro groups is 1. The molecule has 0 spiro atoms. The van der Waals surface area contributed by atoms with Crippen molar-refractivity contribution in [1.29, 1.82) is 0 Å². The van der Waals surface area contributed by atoms with Crippen LogP contribution in [0, 0.1) is 21.8 Å². The van der Waals surface area contributed by atoms with Crippen LogP contribution in [0.3, 0.4) is 0 Å². The predicted octanol–water partition coefficient (Wildman–Crippen LogP) is 2.80. The molecule has 0 unspecified atom stereocenters. The lowest BCUT2D eigenvalue weighted by molar-refractivity contribution is -0.387. The van der Waals surface area contributed by atoms with Gasteiger partial charge in [0.1, 0.15) is 0 Å². The number of hydrogen-bond donors (Lipinski definition) is 1. The molecule has 1 aliphatic rings. The van der Waals surface area contributed by atoms with Crippen molar-refractivity contribution < 1.29 is 19.2 Å². The SMILES string of the molecule is O=[N+]([O-])c1cccc(COC2CCC(CO)CC2)c1F. The minimum absolute atomic E-state index is 0.0384. The van der Waals surface area contributed by atoms with Gasteiger partial charge in [0, 0.05) is 18.2 Å². The highest BCUT2D eigenvalue weighted by Gasteiger charge is 2.22. The molecule has 0 amide bonds. The van der Waals surface area contributed by atoms with Gasteiger partial charge in [0.15, 0.2) is 0 Å². The molecule has 6 heteroatoms. The van der Waals surface area contributed by atoms with E-state index in [9.17, 15) is 14.5 Å². The maximum absolute atomic E-state index is 13.8. The first-order chi connectivity index (χ1) is 9.61. The maximum Gasteiger partial charge on any atom is 0.305 e. The molecule has 1 saturated carbocycles. The van der Waals surface area contributed by atoms with Crippen molar-refractivity contribution in [2.75, 3.05) is 6.61 Å². The molecule has 0 bridgehead atoms. The van der Waals surface area contributed by atoms with E-state index in [-0.39, 0.29) is 24.9 Å². The second-order valence-electron chi connectivity index (χ2n) is 5.14. The second kappa shape index (κ2) is 6.76. The van der Waals surface area contributed by atoms with Crippen molar-refractivity contribution in [3.63, 3.8) is 0 Å². The third-order valence-corrected chi connectivity index (χ3v) is 3.78. The molecule has 0 aromatic heterocycles. The summed E-state index contributed by atoms with van der Waals surface area (Å²) in [6.07, 6.45) is 3.51. The van der Waals surface area contributed by atoms with Gasteiger partial charge in [-0.15, -0.1) is 0 Å². The fraction of sp³-hybridized carbons (Fsp3) is 0.571. The molecule has 1 fully saturated rings. The maximum atomic E-state index is 13.8. The summed E-state index contributed by atoms with van der Waals surface area (Å²) in [5.41, 5.74) is -0.307. The Kier molecular flexibility index (Phi) is 5.03. The van der Waals surface area contributed by atoms with Crippen molar-refractivity contribution in [2.45, 2.75) is 38.4 Å². The first-order valence-electron chi connectivity index (χ1n) is 6.76. The van der Waals surface area contributed by atoms with Crippen LogP contribution >= 0.6 is 0 Å². The van der Waals surface area contributed by atoms with E-state index in [1.807, 2.05) is 0 Å². The Morgan fingerprint density at radius 2 is 2.05 bits per heavy atom. The van der Waals surface area contributed by atoms with E-state index in [0.717, 1.165) is 31.7 Å². The molecule has 0 saturated heterocycles. The molecule has 1 aromatic rings. The highest BCUT2D eigenvalue weighted by atomic mass is 19.1. The monoisotopic (exact) mass is 283 g/mol. The number of aliphatic hydroxyl groups excluding tert-OH is 1. The summed E-state index contributed by atoms with van der Waals surface area (Å²) in [5.74, 6) is -0.481. The van der Waals surface area contributed by atoms with Gasteiger partial charge in [-0.25, -0.2) is 0 Å². The fourth-order valence-corrected chi connectivity index (χ4v) is 2.51. The summed E-state index contributed by atoms with van der Waals surface area (Å²) in [6, 6.07) is 4.11. The van der Waals surface area contributed by atoms with E-state index in [1.54, 1.807) is 0 Å². The Morgan fingerprint density at radius 3 is 2.65 bits per heavy atom. The molecule has 2 rings (SSSR count). The number of benzene rings is 1. The molecule has 110 valence electrons. The molecule has 1 aromatic carbocycles. The molecule has 0 radical (unpaired) electrons. The van der Waals surface area contributed by atoms with Crippen molar-refractivity contribution in [1.82, 2.24) is 0 Å². The Labute approximate surface area is 116 Å². The largest absolute Gasteiger partial charge is 0.396 e. The summed E-state index contributed by atoms with van der Waals surface area (Å²) >= 11 is 0. The van der Waals surface area contributed by atoms with E-state index in [4.69, 9.17) is 9.84 Å². The third kappa shape index (κ3) is 3.52. The first-order valence-corrected chi connectivity index (χ1v) is 6.76. The number of halogens is 1. The highest BCUT2D eigenvalue weighted by Crippen LogP contribution is 2.27. The van der Waals surface area contributed by atoms with Crippen LogP contribution in [-0.2, 0) is 11.3 Å². The summed E-state index contributed by atoms with van der Waals surface area (Å²) in [4.78, 5) is 9.92. The molecule has 0 heterocycles. The van der Waals surface area contributed by atoms with E-state index < -0.39 is 16.4 Å². The normalized spacial score (nSPS) is 22.7. The van der Waals surface area contributed by atoms with Crippen molar-refractivity contribution in [3.8, 4) is 0 Å². The number of aliphatic hydroxyl groups is 1. The zero-order chi connectivity index (χ0) is 14.5. The van der Waals surface area contributed by atoms with Crippen molar-refractivity contribution >= 4 is 5.69 Å². The topological polar surface area (TPSA) is 72.6 Å². The van der Waals surface area contributed by atoms with Gasteiger partial charge in [-0.1, -0.05) is 12.1 Å². The molecule has 0 atom stereocenters. The van der Waals surface area contributed by atoms with Crippen LogP contribution in [0.1, 0.15) is 31.2 Å². The first kappa shape index (κ1) is 14.9. The van der Waals surface area contributed by atoms with Crippen LogP contribution in [0.15, 0.2) is 18.2 Å². The Balaban J connectivity index is 1.92. The number of rotatable bonds is 5. The van der Waals surface area contributed by atoms with Crippen LogP contribution < -0.4 is 0 Å². The summed E-state index contributed by atoms with van der Waals surface area (Å²) in [6.45, 7) is 0.244. The van der Waals surface area contributed by atoms with Gasteiger partial charge in [-0.2, -0.15) is 4.39 Å². The number of nitrogens with zero attached hydrogens (tertiary/aromatic N) is 1.